The molecule has 0 radical (unpaired) electrons. The van der Waals surface area contributed by atoms with Gasteiger partial charge in [0.1, 0.15) is 12.1 Å². The van der Waals surface area contributed by atoms with E-state index in [9.17, 15) is 0 Å². The number of hydrogen-bond donors (Lipinski definition) is 0. The van der Waals surface area contributed by atoms with Gasteiger partial charge in [-0.1, -0.05) is 0 Å². The summed E-state index contributed by atoms with van der Waals surface area (Å²) in [6.07, 6.45) is 9.73. The summed E-state index contributed by atoms with van der Waals surface area (Å²) in [6, 6.07) is 1.90. The van der Waals surface area contributed by atoms with Crippen LogP contribution in [-0.4, -0.2) is 39.7 Å². The molecule has 1 saturated heterocycles. The minimum absolute atomic E-state index is 0.617. The van der Waals surface area contributed by atoms with E-state index in [0.717, 1.165) is 25.5 Å². The van der Waals surface area contributed by atoms with Gasteiger partial charge < -0.3 is 14.2 Å². The molecule has 1 fully saturated rings. The highest BCUT2D eigenvalue weighted by atomic mass is 16.5. The second-order valence-electron chi connectivity index (χ2n) is 5.13. The third-order valence-electron chi connectivity index (χ3n) is 3.71. The maximum Gasteiger partial charge on any atom is 0.218 e. The summed E-state index contributed by atoms with van der Waals surface area (Å²) in [5, 5.41) is 0. The molecule has 20 heavy (non-hydrogen) atoms. The Kier molecular flexibility index (Phi) is 3.80. The van der Waals surface area contributed by atoms with Gasteiger partial charge in [-0.05, 0) is 18.8 Å². The number of imidazole rings is 1. The van der Waals surface area contributed by atoms with Crippen molar-refractivity contribution in [1.29, 1.82) is 0 Å². The predicted molar refractivity (Wildman–Crippen MR) is 75.7 cm³/mol. The Bertz CT molecular complexity index is 542. The molecule has 0 aromatic carbocycles. The van der Waals surface area contributed by atoms with Crippen LogP contribution < -0.4 is 9.64 Å². The van der Waals surface area contributed by atoms with Crippen LogP contribution in [0.15, 0.2) is 31.1 Å². The van der Waals surface area contributed by atoms with Crippen LogP contribution in [0, 0.1) is 5.92 Å². The predicted octanol–water partition coefficient (Wildman–Crippen LogP) is 1.60. The van der Waals surface area contributed by atoms with Crippen LogP contribution in [0.5, 0.6) is 5.88 Å². The summed E-state index contributed by atoms with van der Waals surface area (Å²) in [6.45, 7) is 3.07. The van der Waals surface area contributed by atoms with Crippen molar-refractivity contribution in [2.24, 2.45) is 5.92 Å². The Morgan fingerprint density at radius 3 is 3.15 bits per heavy atom. The number of rotatable bonds is 4. The molecular weight excluding hydrogens is 254 g/mol. The lowest BCUT2D eigenvalue weighted by Crippen LogP contribution is -2.37. The van der Waals surface area contributed by atoms with E-state index in [1.165, 1.54) is 12.8 Å². The second kappa shape index (κ2) is 5.90. The molecule has 2 aromatic heterocycles. The van der Waals surface area contributed by atoms with Crippen LogP contribution >= 0.6 is 0 Å². The van der Waals surface area contributed by atoms with Gasteiger partial charge in [0.25, 0.3) is 0 Å². The second-order valence-corrected chi connectivity index (χ2v) is 5.13. The van der Waals surface area contributed by atoms with E-state index in [2.05, 4.69) is 24.4 Å². The molecule has 0 aliphatic carbocycles. The molecule has 3 heterocycles. The molecule has 2 aromatic rings. The monoisotopic (exact) mass is 273 g/mol. The highest BCUT2D eigenvalue weighted by Crippen LogP contribution is 2.24. The van der Waals surface area contributed by atoms with Crippen LogP contribution in [-0.2, 0) is 6.54 Å². The van der Waals surface area contributed by atoms with Crippen molar-refractivity contribution in [1.82, 2.24) is 19.5 Å². The third kappa shape index (κ3) is 2.89. The number of hydrogen-bond acceptors (Lipinski definition) is 5. The van der Waals surface area contributed by atoms with Crippen molar-refractivity contribution in [2.75, 3.05) is 25.1 Å². The average Bonchev–Trinajstić information content (AvgIpc) is 3.00. The SMILES string of the molecule is COc1cc(N2CCCC(Cn3ccnc3)C2)ncn1. The first-order chi connectivity index (χ1) is 9.85. The molecule has 6 heteroatoms. The van der Waals surface area contributed by atoms with E-state index in [0.29, 0.717) is 11.8 Å². The number of anilines is 1. The maximum atomic E-state index is 5.17. The normalized spacial score (nSPS) is 19.1. The van der Waals surface area contributed by atoms with Crippen molar-refractivity contribution >= 4 is 5.82 Å². The standard InChI is InChI=1S/C14H19N5O/c1-20-14-7-13(16-10-17-14)19-5-2-3-12(9-19)8-18-6-4-15-11-18/h4,6-7,10-12H,2-3,5,8-9H2,1H3. The molecular formula is C14H19N5O. The van der Waals surface area contributed by atoms with Crippen LogP contribution in [0.3, 0.4) is 0 Å². The van der Waals surface area contributed by atoms with Crippen molar-refractivity contribution in [3.63, 3.8) is 0 Å². The number of aromatic nitrogens is 4. The first kappa shape index (κ1) is 12.9. The zero-order valence-electron chi connectivity index (χ0n) is 11.6. The third-order valence-corrected chi connectivity index (χ3v) is 3.71. The van der Waals surface area contributed by atoms with Crippen molar-refractivity contribution in [3.8, 4) is 5.88 Å². The Balaban J connectivity index is 1.68. The molecule has 1 aliphatic rings. The van der Waals surface area contributed by atoms with Gasteiger partial charge in [0, 0.05) is 38.1 Å². The number of piperidine rings is 1. The highest BCUT2D eigenvalue weighted by Gasteiger charge is 2.21. The first-order valence-electron chi connectivity index (χ1n) is 6.92. The summed E-state index contributed by atoms with van der Waals surface area (Å²) >= 11 is 0. The Morgan fingerprint density at radius 1 is 1.40 bits per heavy atom. The van der Waals surface area contributed by atoms with Crippen molar-refractivity contribution < 1.29 is 4.74 Å². The molecule has 0 N–H and O–H groups in total. The topological polar surface area (TPSA) is 56.1 Å². The average molecular weight is 273 g/mol. The minimum atomic E-state index is 0.617. The van der Waals surface area contributed by atoms with E-state index < -0.39 is 0 Å². The molecule has 106 valence electrons. The van der Waals surface area contributed by atoms with Crippen LogP contribution in [0.4, 0.5) is 5.82 Å². The summed E-state index contributed by atoms with van der Waals surface area (Å²) in [5.41, 5.74) is 0. The molecule has 0 spiro atoms. The van der Waals surface area contributed by atoms with E-state index >= 15 is 0 Å². The van der Waals surface area contributed by atoms with Gasteiger partial charge in [-0.2, -0.15) is 0 Å². The van der Waals surface area contributed by atoms with Gasteiger partial charge in [-0.25, -0.2) is 15.0 Å². The minimum Gasteiger partial charge on any atom is -0.481 e. The number of methoxy groups -OCH3 is 1. The number of ether oxygens (including phenoxy) is 1. The van der Waals surface area contributed by atoms with Gasteiger partial charge in [0.05, 0.1) is 13.4 Å². The Hall–Kier alpha value is -2.11. The first-order valence-corrected chi connectivity index (χ1v) is 6.92. The van der Waals surface area contributed by atoms with Gasteiger partial charge in [0.15, 0.2) is 0 Å². The van der Waals surface area contributed by atoms with Crippen LogP contribution in [0.25, 0.3) is 0 Å². The fraction of sp³-hybridized carbons (Fsp3) is 0.500. The summed E-state index contributed by atoms with van der Waals surface area (Å²) in [4.78, 5) is 14.8. The van der Waals surface area contributed by atoms with Crippen LogP contribution in [0.2, 0.25) is 0 Å². The number of nitrogens with zero attached hydrogens (tertiary/aromatic N) is 5. The molecule has 0 amide bonds. The molecule has 6 nitrogen and oxygen atoms in total. The highest BCUT2D eigenvalue weighted by molar-refractivity contribution is 5.41. The lowest BCUT2D eigenvalue weighted by molar-refractivity contribution is 0.363. The molecule has 1 aliphatic heterocycles. The Labute approximate surface area is 118 Å². The van der Waals surface area contributed by atoms with Gasteiger partial charge >= 0.3 is 0 Å². The van der Waals surface area contributed by atoms with E-state index in [1.54, 1.807) is 13.4 Å². The van der Waals surface area contributed by atoms with E-state index in [1.807, 2.05) is 24.8 Å². The molecule has 0 bridgehead atoms. The zero-order valence-corrected chi connectivity index (χ0v) is 11.6. The molecule has 1 unspecified atom stereocenters. The van der Waals surface area contributed by atoms with Crippen molar-refractivity contribution in [2.45, 2.75) is 19.4 Å². The van der Waals surface area contributed by atoms with E-state index in [-0.39, 0.29) is 0 Å². The smallest absolute Gasteiger partial charge is 0.218 e. The largest absolute Gasteiger partial charge is 0.481 e. The molecule has 3 rings (SSSR count). The molecule has 1 atom stereocenters. The van der Waals surface area contributed by atoms with Crippen molar-refractivity contribution in [3.05, 3.63) is 31.1 Å². The maximum absolute atomic E-state index is 5.17. The zero-order chi connectivity index (χ0) is 13.8. The van der Waals surface area contributed by atoms with Gasteiger partial charge in [-0.15, -0.1) is 0 Å². The fourth-order valence-electron chi connectivity index (χ4n) is 2.73. The summed E-state index contributed by atoms with van der Waals surface area (Å²) in [7, 11) is 1.63. The lowest BCUT2D eigenvalue weighted by Gasteiger charge is -2.33. The van der Waals surface area contributed by atoms with Gasteiger partial charge in [-0.3, -0.25) is 0 Å². The molecule has 0 saturated carbocycles. The lowest BCUT2D eigenvalue weighted by atomic mass is 9.98. The summed E-state index contributed by atoms with van der Waals surface area (Å²) in [5.74, 6) is 2.19. The van der Waals surface area contributed by atoms with Gasteiger partial charge in [0.2, 0.25) is 5.88 Å². The quantitative estimate of drug-likeness (QED) is 0.847. The van der Waals surface area contributed by atoms with Crippen LogP contribution in [0.1, 0.15) is 12.8 Å². The summed E-state index contributed by atoms with van der Waals surface area (Å²) < 4.78 is 7.32. The van der Waals surface area contributed by atoms with E-state index in [4.69, 9.17) is 4.74 Å². The fourth-order valence-corrected chi connectivity index (χ4v) is 2.73. The Morgan fingerprint density at radius 2 is 2.35 bits per heavy atom.